The first-order chi connectivity index (χ1) is 50.4. The second kappa shape index (κ2) is 30.3. The van der Waals surface area contributed by atoms with Crippen molar-refractivity contribution in [2.45, 2.75) is 181 Å². The van der Waals surface area contributed by atoms with Gasteiger partial charge in [0.15, 0.2) is 0 Å². The standard InChI is InChI=1S/C23H26ClN3O.C21H24ClN3O.C21H24FN3O.C21H21N3O/c1-23(28,16-4-3-10-25-13-16)15-27-21-8-7-17(24)12-19(21)20-14-26(11-9-22(20)27)18-5-2-6-18;1-14-9-16-17-12-24(3)8-6-19(17)25(20(16)10-18(14)22)13-21(2,26)15-5-4-7-23-11-15;1-14-4-6-18-16(10-14)17-12-24(3)9-8-19(17)25(18)13-21(2,26)15-5-7-20(22)23-11-15;1-14-10-18-17-4-2-3-5-19(17)24(21(18)23-12-14)13-20(25)16-8-6-15(11-22)7-9-16/h3-4,7-8,10,12-13,18,28H,2,5-6,9,11,14-15H2,1H3;4-5,7,9-11,26H,6,8,12-13H2,1-3H3;4-7,10-11,26H,8-9,12-13H2,1-3H3;6-10,12,20,25H,2-5,13H2,1H3. The van der Waals surface area contributed by atoms with Gasteiger partial charge in [0.1, 0.15) is 22.5 Å². The molecule has 0 spiro atoms. The van der Waals surface area contributed by atoms with E-state index in [1.807, 2.05) is 75.5 Å². The SMILES string of the molecule is CC(O)(Cn1c2c(c3cc(Cl)ccc31)CN(C1CCC1)CC2)c1cccnc1.Cc1cc2c3c(n(CC(C)(O)c4cccnc4)c2cc1Cl)CCN(C)C3.Cc1ccc2c(c1)c1c(n2CC(C)(O)c2ccc(F)nc2)CCN(C)C1.Cc1cnc2c(c1)c1c(n2CC(O)c2ccc(C#N)cc2)CCCC1. The molecular formula is C86H95Cl2FN12O4. The highest BCUT2D eigenvalue weighted by Gasteiger charge is 2.36. The van der Waals surface area contributed by atoms with E-state index in [1.54, 1.807) is 49.9 Å². The molecule has 8 aromatic heterocycles. The Morgan fingerprint density at radius 2 is 1.09 bits per heavy atom. The van der Waals surface area contributed by atoms with Crippen LogP contribution in [0.1, 0.15) is 149 Å². The number of aliphatic hydroxyl groups excluding tert-OH is 1. The summed E-state index contributed by atoms with van der Waals surface area (Å²) in [6.07, 6.45) is 21.2. The molecule has 12 aromatic rings. The average molecular weight is 1450 g/mol. The van der Waals surface area contributed by atoms with Gasteiger partial charge in [-0.1, -0.05) is 71.6 Å². The maximum absolute atomic E-state index is 13.2. The minimum Gasteiger partial charge on any atom is -0.387 e. The van der Waals surface area contributed by atoms with Crippen molar-refractivity contribution >= 4 is 66.9 Å². The molecule has 11 heterocycles. The monoisotopic (exact) mass is 1450 g/mol. The van der Waals surface area contributed by atoms with Crippen molar-refractivity contribution in [1.82, 2.24) is 52.9 Å². The van der Waals surface area contributed by atoms with Crippen molar-refractivity contribution in [1.29, 1.82) is 5.26 Å². The number of likely N-dealkylation sites (N-methyl/N-ethyl adjacent to an activating group) is 2. The van der Waals surface area contributed by atoms with Crippen molar-refractivity contribution in [3.05, 3.63) is 258 Å². The summed E-state index contributed by atoms with van der Waals surface area (Å²) in [5.41, 5.74) is 19.3. The number of halogens is 3. The van der Waals surface area contributed by atoms with Crippen LogP contribution in [0.15, 0.2) is 152 Å². The molecule has 4 unspecified atom stereocenters. The van der Waals surface area contributed by atoms with E-state index in [-0.39, 0.29) is 0 Å². The van der Waals surface area contributed by atoms with E-state index >= 15 is 0 Å². The summed E-state index contributed by atoms with van der Waals surface area (Å²) < 4.78 is 22.2. The Bertz CT molecular complexity index is 5190. The van der Waals surface area contributed by atoms with Crippen LogP contribution < -0.4 is 0 Å². The highest BCUT2D eigenvalue weighted by molar-refractivity contribution is 6.32. The Labute approximate surface area is 624 Å². The number of pyridine rings is 4. The Morgan fingerprint density at radius 1 is 0.543 bits per heavy atom. The number of benzene rings is 4. The molecular weight excluding hydrogens is 1350 g/mol. The van der Waals surface area contributed by atoms with Crippen molar-refractivity contribution in [3.8, 4) is 6.07 Å². The van der Waals surface area contributed by atoms with E-state index in [1.165, 1.54) is 122 Å². The van der Waals surface area contributed by atoms with E-state index in [2.05, 4.69) is 129 Å². The molecule has 0 amide bonds. The lowest BCUT2D eigenvalue weighted by molar-refractivity contribution is 0.0373. The second-order valence-corrected chi connectivity index (χ2v) is 31.5. The van der Waals surface area contributed by atoms with Gasteiger partial charge in [0.2, 0.25) is 5.95 Å². The molecule has 105 heavy (non-hydrogen) atoms. The molecule has 4 atom stereocenters. The normalized spacial score (nSPS) is 17.4. The van der Waals surface area contributed by atoms with Gasteiger partial charge in [0.25, 0.3) is 0 Å². The van der Waals surface area contributed by atoms with Gasteiger partial charge in [-0.05, 0) is 212 Å². The topological polar surface area (TPSA) is 186 Å². The van der Waals surface area contributed by atoms with Gasteiger partial charge in [-0.3, -0.25) is 14.9 Å². The summed E-state index contributed by atoms with van der Waals surface area (Å²) in [6, 6.07) is 39.6. The molecule has 4 aromatic carbocycles. The summed E-state index contributed by atoms with van der Waals surface area (Å²) in [5.74, 6) is -0.535. The van der Waals surface area contributed by atoms with Crippen LogP contribution >= 0.6 is 23.2 Å². The largest absolute Gasteiger partial charge is 0.387 e. The smallest absolute Gasteiger partial charge is 0.212 e. The third-order valence-electron chi connectivity index (χ3n) is 22.6. The van der Waals surface area contributed by atoms with Crippen LogP contribution in [0.4, 0.5) is 4.39 Å². The van der Waals surface area contributed by atoms with Crippen LogP contribution in [0.5, 0.6) is 0 Å². The van der Waals surface area contributed by atoms with E-state index in [9.17, 15) is 24.8 Å². The molecule has 4 N–H and O–H groups in total. The molecule has 0 radical (unpaired) electrons. The first-order valence-electron chi connectivity index (χ1n) is 37.0. The molecule has 544 valence electrons. The highest BCUT2D eigenvalue weighted by atomic mass is 35.5. The molecule has 1 saturated carbocycles. The number of hydrogen-bond acceptors (Lipinski definition) is 12. The van der Waals surface area contributed by atoms with Crippen LogP contribution in [-0.4, -0.2) is 113 Å². The molecule has 0 bridgehead atoms. The van der Waals surface area contributed by atoms with Crippen molar-refractivity contribution in [2.75, 3.05) is 33.7 Å². The third kappa shape index (κ3) is 15.3. The Balaban J connectivity index is 0.000000118. The second-order valence-electron chi connectivity index (χ2n) is 30.7. The van der Waals surface area contributed by atoms with Gasteiger partial charge in [-0.15, -0.1) is 0 Å². The summed E-state index contributed by atoms with van der Waals surface area (Å²) in [4.78, 5) is 24.0. The van der Waals surface area contributed by atoms with E-state index in [0.29, 0.717) is 37.3 Å². The molecule has 3 aliphatic heterocycles. The van der Waals surface area contributed by atoms with Gasteiger partial charge in [0, 0.05) is 184 Å². The minimum atomic E-state index is -1.13. The first-order valence-corrected chi connectivity index (χ1v) is 37.7. The first kappa shape index (κ1) is 73.3. The number of aromatic nitrogens is 8. The number of aliphatic hydroxyl groups is 4. The lowest BCUT2D eigenvalue weighted by Crippen LogP contribution is -2.43. The third-order valence-corrected chi connectivity index (χ3v) is 23.2. The van der Waals surface area contributed by atoms with Crippen molar-refractivity contribution in [2.24, 2.45) is 0 Å². The number of fused-ring (bicyclic) bond motifs is 12. The van der Waals surface area contributed by atoms with Crippen LogP contribution in [0.3, 0.4) is 0 Å². The predicted molar refractivity (Wildman–Crippen MR) is 416 cm³/mol. The highest BCUT2D eigenvalue weighted by Crippen LogP contribution is 2.41. The van der Waals surface area contributed by atoms with Gasteiger partial charge in [-0.2, -0.15) is 9.65 Å². The molecule has 5 aliphatic rings. The minimum absolute atomic E-state index is 0.416. The maximum atomic E-state index is 13.2. The summed E-state index contributed by atoms with van der Waals surface area (Å²) in [5, 5.41) is 59.8. The fraction of sp³-hybridized carbons (Fsp3) is 0.384. The summed E-state index contributed by atoms with van der Waals surface area (Å²) >= 11 is 12.8. The molecule has 1 fully saturated rings. The number of aryl methyl sites for hydroxylation is 4. The molecule has 17 rings (SSSR count). The Morgan fingerprint density at radius 3 is 1.66 bits per heavy atom. The number of hydrogen-bond donors (Lipinski definition) is 4. The number of nitrogens with zero attached hydrogens (tertiary/aromatic N) is 12. The van der Waals surface area contributed by atoms with Crippen molar-refractivity contribution in [3.63, 3.8) is 0 Å². The van der Waals surface area contributed by atoms with Gasteiger partial charge >= 0.3 is 0 Å². The fourth-order valence-electron chi connectivity index (χ4n) is 16.6. The Kier molecular flexibility index (Phi) is 21.2. The van der Waals surface area contributed by atoms with Crippen molar-refractivity contribution < 1.29 is 24.8 Å². The predicted octanol–water partition coefficient (Wildman–Crippen LogP) is 15.6. The molecule has 16 nitrogen and oxygen atoms in total. The van der Waals surface area contributed by atoms with Crippen LogP contribution in [0.2, 0.25) is 10.0 Å². The van der Waals surface area contributed by atoms with Gasteiger partial charge in [-0.25, -0.2) is 9.97 Å². The lowest BCUT2D eigenvalue weighted by Gasteiger charge is -2.40. The summed E-state index contributed by atoms with van der Waals surface area (Å²) in [7, 11) is 4.29. The van der Waals surface area contributed by atoms with Crippen LogP contribution in [-0.2, 0) is 94.7 Å². The van der Waals surface area contributed by atoms with Gasteiger partial charge < -0.3 is 48.5 Å². The summed E-state index contributed by atoms with van der Waals surface area (Å²) in [6.45, 7) is 19.6. The zero-order valence-corrected chi connectivity index (χ0v) is 63.0. The van der Waals surface area contributed by atoms with Crippen LogP contribution in [0.25, 0.3) is 43.7 Å². The molecule has 19 heteroatoms. The molecule has 0 saturated heterocycles. The number of nitriles is 1. The average Bonchev–Trinajstić information content (AvgIpc) is 1.61. The Hall–Kier alpha value is -8.64. The molecule has 2 aliphatic carbocycles. The quantitative estimate of drug-likeness (QED) is 0.0802. The zero-order chi connectivity index (χ0) is 73.6. The fourth-order valence-corrected chi connectivity index (χ4v) is 16.9. The van der Waals surface area contributed by atoms with E-state index in [4.69, 9.17) is 28.5 Å². The van der Waals surface area contributed by atoms with E-state index in [0.717, 1.165) is 132 Å². The van der Waals surface area contributed by atoms with Crippen LogP contribution in [0, 0.1) is 38.1 Å². The maximum Gasteiger partial charge on any atom is 0.212 e. The van der Waals surface area contributed by atoms with E-state index < -0.39 is 28.9 Å². The number of rotatable bonds is 13. The van der Waals surface area contributed by atoms with Gasteiger partial charge in [0.05, 0.1) is 49.4 Å². The lowest BCUT2D eigenvalue weighted by atomic mass is 9.89. The zero-order valence-electron chi connectivity index (χ0n) is 61.5.